The largest absolute Gasteiger partial charge is 0.369 e. The lowest BCUT2D eigenvalue weighted by molar-refractivity contribution is -0.151. The zero-order chi connectivity index (χ0) is 16.2. The van der Waals surface area contributed by atoms with Gasteiger partial charge in [-0.2, -0.15) is 0 Å². The summed E-state index contributed by atoms with van der Waals surface area (Å²) < 4.78 is 6.63. The Bertz CT molecular complexity index is 516. The topological polar surface area (TPSA) is 93.5 Å². The van der Waals surface area contributed by atoms with Gasteiger partial charge in [0.2, 0.25) is 5.91 Å². The van der Waals surface area contributed by atoms with E-state index >= 15 is 0 Å². The molecule has 0 atom stereocenters. The van der Waals surface area contributed by atoms with Gasteiger partial charge in [-0.1, -0.05) is 0 Å². The molecule has 122 valence electrons. The first-order valence-electron chi connectivity index (χ1n) is 7.27. The Morgan fingerprint density at radius 2 is 1.86 bits per heavy atom. The van der Waals surface area contributed by atoms with Crippen molar-refractivity contribution in [3.63, 3.8) is 0 Å². The molecule has 0 unspecified atom stereocenters. The fraction of sp³-hybridized carbons (Fsp3) is 0.769. The standard InChI is InChI=1S/C13H22N6O3/c1-13(2,22-3)12(21)18-6-4-5-17(7-8-18)11(20)9-19-10-14-15-16-19/h10H,4-9H2,1-3H3. The number of hydrogen-bond acceptors (Lipinski definition) is 6. The number of amides is 2. The molecule has 1 aliphatic heterocycles. The van der Waals surface area contributed by atoms with E-state index in [9.17, 15) is 9.59 Å². The molecule has 9 heteroatoms. The number of hydrogen-bond donors (Lipinski definition) is 0. The van der Waals surface area contributed by atoms with Gasteiger partial charge in [0.25, 0.3) is 5.91 Å². The van der Waals surface area contributed by atoms with Gasteiger partial charge in [0.1, 0.15) is 18.5 Å². The van der Waals surface area contributed by atoms with Crippen LogP contribution in [0, 0.1) is 0 Å². The third kappa shape index (κ3) is 3.79. The molecule has 1 aliphatic rings. The van der Waals surface area contributed by atoms with Crippen molar-refractivity contribution in [2.24, 2.45) is 0 Å². The number of methoxy groups -OCH3 is 1. The Labute approximate surface area is 129 Å². The molecule has 22 heavy (non-hydrogen) atoms. The van der Waals surface area contributed by atoms with Crippen molar-refractivity contribution in [1.82, 2.24) is 30.0 Å². The first-order valence-corrected chi connectivity index (χ1v) is 7.27. The van der Waals surface area contributed by atoms with E-state index in [4.69, 9.17) is 4.74 Å². The quantitative estimate of drug-likeness (QED) is 0.720. The number of nitrogens with zero attached hydrogens (tertiary/aromatic N) is 6. The molecule has 9 nitrogen and oxygen atoms in total. The highest BCUT2D eigenvalue weighted by molar-refractivity contribution is 5.84. The summed E-state index contributed by atoms with van der Waals surface area (Å²) in [5.74, 6) is -0.0997. The van der Waals surface area contributed by atoms with E-state index in [2.05, 4.69) is 15.5 Å². The third-order valence-electron chi connectivity index (χ3n) is 3.85. The van der Waals surface area contributed by atoms with Crippen LogP contribution < -0.4 is 0 Å². The Morgan fingerprint density at radius 1 is 1.18 bits per heavy atom. The van der Waals surface area contributed by atoms with Crippen LogP contribution in [0.1, 0.15) is 20.3 Å². The van der Waals surface area contributed by atoms with Crippen LogP contribution >= 0.6 is 0 Å². The smallest absolute Gasteiger partial charge is 0.254 e. The number of rotatable bonds is 4. The van der Waals surface area contributed by atoms with Crippen molar-refractivity contribution in [3.8, 4) is 0 Å². The fourth-order valence-corrected chi connectivity index (χ4v) is 2.33. The fourth-order valence-electron chi connectivity index (χ4n) is 2.33. The average Bonchev–Trinajstić information content (AvgIpc) is 2.88. The summed E-state index contributed by atoms with van der Waals surface area (Å²) in [4.78, 5) is 28.1. The summed E-state index contributed by atoms with van der Waals surface area (Å²) in [5, 5.41) is 10.7. The molecule has 0 aromatic carbocycles. The van der Waals surface area contributed by atoms with Crippen molar-refractivity contribution < 1.29 is 14.3 Å². The van der Waals surface area contributed by atoms with Crippen molar-refractivity contribution >= 4 is 11.8 Å². The molecule has 2 rings (SSSR count). The third-order valence-corrected chi connectivity index (χ3v) is 3.85. The first-order chi connectivity index (χ1) is 10.4. The maximum Gasteiger partial charge on any atom is 0.254 e. The molecule has 2 amide bonds. The van der Waals surface area contributed by atoms with Gasteiger partial charge in [-0.25, -0.2) is 4.68 Å². The van der Waals surface area contributed by atoms with Gasteiger partial charge in [-0.3, -0.25) is 9.59 Å². The second kappa shape index (κ2) is 6.82. The van der Waals surface area contributed by atoms with Gasteiger partial charge < -0.3 is 14.5 Å². The second-order valence-corrected chi connectivity index (χ2v) is 5.75. The van der Waals surface area contributed by atoms with E-state index in [1.54, 1.807) is 23.6 Å². The number of tetrazole rings is 1. The maximum atomic E-state index is 12.4. The highest BCUT2D eigenvalue weighted by Gasteiger charge is 2.33. The maximum absolute atomic E-state index is 12.4. The van der Waals surface area contributed by atoms with E-state index in [0.717, 1.165) is 6.42 Å². The molecule has 1 fully saturated rings. The Morgan fingerprint density at radius 3 is 2.50 bits per heavy atom. The summed E-state index contributed by atoms with van der Waals surface area (Å²) >= 11 is 0. The van der Waals surface area contributed by atoms with E-state index in [1.165, 1.54) is 18.1 Å². The van der Waals surface area contributed by atoms with Crippen LogP contribution in [0.3, 0.4) is 0 Å². The van der Waals surface area contributed by atoms with E-state index in [1.807, 2.05) is 0 Å². The molecule has 2 heterocycles. The van der Waals surface area contributed by atoms with Crippen LogP contribution in [-0.2, 0) is 20.9 Å². The van der Waals surface area contributed by atoms with Crippen molar-refractivity contribution in [2.45, 2.75) is 32.4 Å². The van der Waals surface area contributed by atoms with Crippen molar-refractivity contribution in [3.05, 3.63) is 6.33 Å². The number of ether oxygens (including phenoxy) is 1. The minimum atomic E-state index is -0.842. The predicted molar refractivity (Wildman–Crippen MR) is 76.7 cm³/mol. The lowest BCUT2D eigenvalue weighted by Gasteiger charge is -2.30. The Balaban J connectivity index is 1.92. The highest BCUT2D eigenvalue weighted by atomic mass is 16.5. The van der Waals surface area contributed by atoms with Gasteiger partial charge in [0.05, 0.1) is 0 Å². The first kappa shape index (κ1) is 16.3. The Hall–Kier alpha value is -2.03. The molecule has 1 aromatic heterocycles. The zero-order valence-electron chi connectivity index (χ0n) is 13.2. The second-order valence-electron chi connectivity index (χ2n) is 5.75. The van der Waals surface area contributed by atoms with Crippen molar-refractivity contribution in [1.29, 1.82) is 0 Å². The van der Waals surface area contributed by atoms with Crippen LogP contribution in [-0.4, -0.2) is 80.7 Å². The van der Waals surface area contributed by atoms with Crippen LogP contribution in [0.2, 0.25) is 0 Å². The molecule has 0 bridgehead atoms. The monoisotopic (exact) mass is 310 g/mol. The van der Waals surface area contributed by atoms with Gasteiger partial charge in [0, 0.05) is 33.3 Å². The number of aromatic nitrogens is 4. The molecule has 0 spiro atoms. The highest BCUT2D eigenvalue weighted by Crippen LogP contribution is 2.14. The number of carbonyl (C=O) groups is 2. The molecular formula is C13H22N6O3. The summed E-state index contributed by atoms with van der Waals surface area (Å²) in [5.41, 5.74) is -0.842. The van der Waals surface area contributed by atoms with Gasteiger partial charge in [-0.15, -0.1) is 5.10 Å². The zero-order valence-corrected chi connectivity index (χ0v) is 13.2. The minimum Gasteiger partial charge on any atom is -0.369 e. The van der Waals surface area contributed by atoms with Crippen LogP contribution in [0.4, 0.5) is 0 Å². The van der Waals surface area contributed by atoms with Gasteiger partial charge in [-0.05, 0) is 30.7 Å². The van der Waals surface area contributed by atoms with E-state index in [0.29, 0.717) is 26.2 Å². The summed E-state index contributed by atoms with van der Waals surface area (Å²) in [6.45, 7) is 5.88. The van der Waals surface area contributed by atoms with Gasteiger partial charge >= 0.3 is 0 Å². The minimum absolute atomic E-state index is 0.0485. The Kier molecular flexibility index (Phi) is 5.07. The molecule has 0 radical (unpaired) electrons. The van der Waals surface area contributed by atoms with Gasteiger partial charge in [0.15, 0.2) is 0 Å². The van der Waals surface area contributed by atoms with E-state index < -0.39 is 5.60 Å². The van der Waals surface area contributed by atoms with E-state index in [-0.39, 0.29) is 18.4 Å². The summed E-state index contributed by atoms with van der Waals surface area (Å²) in [6, 6.07) is 0. The summed E-state index contributed by atoms with van der Waals surface area (Å²) in [6.07, 6.45) is 2.15. The average molecular weight is 310 g/mol. The predicted octanol–water partition coefficient (Wildman–Crippen LogP) is -0.841. The number of carbonyl (C=O) groups excluding carboxylic acids is 2. The van der Waals surface area contributed by atoms with Crippen molar-refractivity contribution in [2.75, 3.05) is 33.3 Å². The molecule has 0 N–H and O–H groups in total. The normalized spacial score (nSPS) is 16.5. The molecule has 0 saturated carbocycles. The summed E-state index contributed by atoms with van der Waals surface area (Å²) in [7, 11) is 1.53. The van der Waals surface area contributed by atoms with Crippen LogP contribution in [0.5, 0.6) is 0 Å². The lowest BCUT2D eigenvalue weighted by Crippen LogP contribution is -2.48. The molecular weight excluding hydrogens is 288 g/mol. The molecule has 1 aromatic rings. The van der Waals surface area contributed by atoms with Crippen LogP contribution in [0.25, 0.3) is 0 Å². The van der Waals surface area contributed by atoms with Crippen LogP contribution in [0.15, 0.2) is 6.33 Å². The molecule has 0 aliphatic carbocycles. The lowest BCUT2D eigenvalue weighted by atomic mass is 10.1. The molecule has 1 saturated heterocycles. The SMILES string of the molecule is COC(C)(C)C(=O)N1CCCN(C(=O)Cn2cnnn2)CC1.